The van der Waals surface area contributed by atoms with Gasteiger partial charge >= 0.3 is 5.97 Å². The van der Waals surface area contributed by atoms with E-state index in [4.69, 9.17) is 4.74 Å². The van der Waals surface area contributed by atoms with Crippen molar-refractivity contribution in [2.24, 2.45) is 0 Å². The molecule has 2 aromatic heterocycles. The summed E-state index contributed by atoms with van der Waals surface area (Å²) in [4.78, 5) is 20.8. The van der Waals surface area contributed by atoms with Gasteiger partial charge in [-0.2, -0.15) is 5.10 Å². The fourth-order valence-electron chi connectivity index (χ4n) is 2.19. The minimum Gasteiger partial charge on any atom is -0.467 e. The predicted molar refractivity (Wildman–Crippen MR) is 74.3 cm³/mol. The van der Waals surface area contributed by atoms with Gasteiger partial charge in [0.25, 0.3) is 0 Å². The number of fused-ring (bicyclic) bond motifs is 2. The summed E-state index contributed by atoms with van der Waals surface area (Å²) in [5, 5.41) is 4.37. The second-order valence-corrected chi connectivity index (χ2v) is 4.61. The zero-order valence-electron chi connectivity index (χ0n) is 11.5. The first-order valence-corrected chi connectivity index (χ1v) is 6.31. The summed E-state index contributed by atoms with van der Waals surface area (Å²) in [5.41, 5.74) is 3.64. The van der Waals surface area contributed by atoms with E-state index < -0.39 is 6.04 Å². The average molecular weight is 270 g/mol. The molecule has 0 saturated carbocycles. The van der Waals surface area contributed by atoms with Crippen molar-refractivity contribution < 1.29 is 9.53 Å². The molecule has 6 nitrogen and oxygen atoms in total. The van der Waals surface area contributed by atoms with Gasteiger partial charge in [-0.25, -0.2) is 19.4 Å². The molecule has 0 aliphatic heterocycles. The van der Waals surface area contributed by atoms with Crippen molar-refractivity contribution in [2.75, 3.05) is 7.11 Å². The van der Waals surface area contributed by atoms with Gasteiger partial charge in [-0.1, -0.05) is 12.1 Å². The van der Waals surface area contributed by atoms with Crippen molar-refractivity contribution in [2.45, 2.75) is 19.9 Å². The lowest BCUT2D eigenvalue weighted by Crippen LogP contribution is -2.19. The van der Waals surface area contributed by atoms with Crippen molar-refractivity contribution in [1.82, 2.24) is 19.7 Å². The van der Waals surface area contributed by atoms with Crippen molar-refractivity contribution in [1.29, 1.82) is 0 Å². The van der Waals surface area contributed by atoms with Gasteiger partial charge in [0, 0.05) is 0 Å². The molecule has 0 saturated heterocycles. The molecule has 0 unspecified atom stereocenters. The Morgan fingerprint density at radius 3 is 2.55 bits per heavy atom. The van der Waals surface area contributed by atoms with Gasteiger partial charge in [-0.05, 0) is 26.0 Å². The van der Waals surface area contributed by atoms with Crippen LogP contribution in [0.3, 0.4) is 0 Å². The molecule has 0 aliphatic carbocycles. The van der Waals surface area contributed by atoms with Crippen molar-refractivity contribution in [3.8, 4) is 0 Å². The molecular formula is C14H14N4O2. The lowest BCUT2D eigenvalue weighted by Gasteiger charge is -2.10. The van der Waals surface area contributed by atoms with Gasteiger partial charge in [-0.3, -0.25) is 0 Å². The Hall–Kier alpha value is -2.50. The Labute approximate surface area is 115 Å². The normalized spacial score (nSPS) is 12.8. The molecule has 0 bridgehead atoms. The third kappa shape index (κ3) is 1.80. The maximum atomic E-state index is 11.7. The number of rotatable bonds is 2. The summed E-state index contributed by atoms with van der Waals surface area (Å²) in [6.07, 6.45) is 0. The predicted octanol–water partition coefficient (Wildman–Crippen LogP) is 2.02. The topological polar surface area (TPSA) is 69.9 Å². The molecule has 0 amide bonds. The number of carbonyl (C=O) groups is 1. The molecule has 2 heterocycles. The third-order valence-corrected chi connectivity index (χ3v) is 3.28. The SMILES string of the molecule is COC(=O)[C@H](C)n1nc(C)c2nc3ccccc3nc21. The van der Waals surface area contributed by atoms with Gasteiger partial charge < -0.3 is 4.74 Å². The number of aromatic nitrogens is 4. The van der Waals surface area contributed by atoms with Gasteiger partial charge in [-0.15, -0.1) is 0 Å². The molecule has 0 radical (unpaired) electrons. The minimum absolute atomic E-state index is 0.357. The maximum absolute atomic E-state index is 11.7. The van der Waals surface area contributed by atoms with E-state index in [0.717, 1.165) is 16.7 Å². The van der Waals surface area contributed by atoms with Crippen LogP contribution in [0.5, 0.6) is 0 Å². The number of ether oxygens (including phenoxy) is 1. The molecule has 0 spiro atoms. The van der Waals surface area contributed by atoms with E-state index in [9.17, 15) is 4.79 Å². The maximum Gasteiger partial charge on any atom is 0.330 e. The van der Waals surface area contributed by atoms with Crippen LogP contribution in [0.4, 0.5) is 0 Å². The summed E-state index contributed by atoms with van der Waals surface area (Å²) in [7, 11) is 1.36. The molecule has 3 rings (SSSR count). The van der Waals surface area contributed by atoms with Crippen LogP contribution >= 0.6 is 0 Å². The van der Waals surface area contributed by atoms with Crippen molar-refractivity contribution in [3.05, 3.63) is 30.0 Å². The Morgan fingerprint density at radius 2 is 1.90 bits per heavy atom. The molecule has 1 atom stereocenters. The van der Waals surface area contributed by atoms with Crippen LogP contribution < -0.4 is 0 Å². The first-order chi connectivity index (χ1) is 9.61. The quantitative estimate of drug-likeness (QED) is 0.666. The van der Waals surface area contributed by atoms with E-state index in [1.54, 1.807) is 11.6 Å². The number of nitrogens with zero attached hydrogens (tertiary/aromatic N) is 4. The molecular weight excluding hydrogens is 256 g/mol. The smallest absolute Gasteiger partial charge is 0.330 e. The highest BCUT2D eigenvalue weighted by Gasteiger charge is 2.21. The molecule has 20 heavy (non-hydrogen) atoms. The minimum atomic E-state index is -0.535. The lowest BCUT2D eigenvalue weighted by atomic mass is 10.3. The van der Waals surface area contributed by atoms with Crippen LogP contribution in [-0.4, -0.2) is 32.8 Å². The number of methoxy groups -OCH3 is 1. The number of esters is 1. The van der Waals surface area contributed by atoms with E-state index >= 15 is 0 Å². The van der Waals surface area contributed by atoms with Gasteiger partial charge in [0.2, 0.25) is 0 Å². The molecule has 3 aromatic rings. The van der Waals surface area contributed by atoms with Crippen LogP contribution in [0.2, 0.25) is 0 Å². The second kappa shape index (κ2) is 4.56. The molecule has 0 fully saturated rings. The number of benzene rings is 1. The standard InChI is InChI=1S/C14H14N4O2/c1-8-12-13(18(17-8)9(2)14(19)20-3)16-11-7-5-4-6-10(11)15-12/h4-7,9H,1-3H3/t9-/m0/s1. The summed E-state index contributed by atoms with van der Waals surface area (Å²) in [6, 6.07) is 7.07. The van der Waals surface area contributed by atoms with Crippen molar-refractivity contribution in [3.63, 3.8) is 0 Å². The summed E-state index contributed by atoms with van der Waals surface area (Å²) in [6.45, 7) is 3.58. The lowest BCUT2D eigenvalue weighted by molar-refractivity contribution is -0.144. The van der Waals surface area contributed by atoms with E-state index in [1.165, 1.54) is 7.11 Å². The first-order valence-electron chi connectivity index (χ1n) is 6.31. The molecule has 1 aromatic carbocycles. The fraction of sp³-hybridized carbons (Fsp3) is 0.286. The van der Waals surface area contributed by atoms with Gasteiger partial charge in [0.05, 0.1) is 23.8 Å². The van der Waals surface area contributed by atoms with Gasteiger partial charge in [0.15, 0.2) is 5.65 Å². The Bertz CT molecular complexity index is 809. The highest BCUT2D eigenvalue weighted by atomic mass is 16.5. The molecule has 0 aliphatic rings. The van der Waals surface area contributed by atoms with Crippen LogP contribution in [-0.2, 0) is 9.53 Å². The van der Waals surface area contributed by atoms with Crippen molar-refractivity contribution >= 4 is 28.2 Å². The molecule has 6 heteroatoms. The number of carbonyl (C=O) groups excluding carboxylic acids is 1. The largest absolute Gasteiger partial charge is 0.467 e. The second-order valence-electron chi connectivity index (χ2n) is 4.61. The van der Waals surface area contributed by atoms with Crippen LogP contribution in [0.1, 0.15) is 18.7 Å². The fourth-order valence-corrected chi connectivity index (χ4v) is 2.19. The zero-order chi connectivity index (χ0) is 14.3. The van der Waals surface area contributed by atoms with Gasteiger partial charge in [0.1, 0.15) is 11.6 Å². The van der Waals surface area contributed by atoms with Crippen LogP contribution in [0, 0.1) is 6.92 Å². The zero-order valence-corrected chi connectivity index (χ0v) is 11.5. The summed E-state index contributed by atoms with van der Waals surface area (Å²) < 4.78 is 6.33. The average Bonchev–Trinajstić information content (AvgIpc) is 2.80. The number of hydrogen-bond acceptors (Lipinski definition) is 5. The van der Waals surface area contributed by atoms with Crippen LogP contribution in [0.25, 0.3) is 22.2 Å². The number of aryl methyl sites for hydroxylation is 1. The van der Waals surface area contributed by atoms with E-state index in [0.29, 0.717) is 11.2 Å². The van der Waals surface area contributed by atoms with E-state index in [2.05, 4.69) is 15.1 Å². The highest BCUT2D eigenvalue weighted by molar-refractivity contribution is 5.86. The van der Waals surface area contributed by atoms with E-state index in [-0.39, 0.29) is 5.97 Å². The third-order valence-electron chi connectivity index (χ3n) is 3.28. The molecule has 102 valence electrons. The Kier molecular flexibility index (Phi) is 2.85. The van der Waals surface area contributed by atoms with Crippen LogP contribution in [0.15, 0.2) is 24.3 Å². The Morgan fingerprint density at radius 1 is 1.25 bits per heavy atom. The number of hydrogen-bond donors (Lipinski definition) is 0. The summed E-state index contributed by atoms with van der Waals surface area (Å²) in [5.74, 6) is -0.357. The first kappa shape index (κ1) is 12.5. The highest BCUT2D eigenvalue weighted by Crippen LogP contribution is 2.21. The number of para-hydroxylation sites is 2. The monoisotopic (exact) mass is 270 g/mol. The van der Waals surface area contributed by atoms with E-state index in [1.807, 2.05) is 31.2 Å². The Balaban J connectivity index is 2.28. The molecule has 0 N–H and O–H groups in total. The summed E-state index contributed by atoms with van der Waals surface area (Å²) >= 11 is 0.